The molecule has 3 nitrogen and oxygen atoms in total. The number of aliphatic hydroxyl groups is 1. The predicted molar refractivity (Wildman–Crippen MR) is 64.1 cm³/mol. The fourth-order valence-corrected chi connectivity index (χ4v) is 2.39. The second-order valence-corrected chi connectivity index (χ2v) is 5.23. The molecule has 1 saturated carbocycles. The fourth-order valence-electron chi connectivity index (χ4n) is 2.39. The molecule has 1 unspecified atom stereocenters. The summed E-state index contributed by atoms with van der Waals surface area (Å²) in [5, 5.41) is 9.60. The Kier molecular flexibility index (Phi) is 4.56. The van der Waals surface area contributed by atoms with Crippen LogP contribution < -0.4 is 0 Å². The van der Waals surface area contributed by atoms with E-state index in [4.69, 9.17) is 0 Å². The van der Waals surface area contributed by atoms with Crippen LogP contribution in [0, 0.1) is 0 Å². The largest absolute Gasteiger partial charge is 0.392 e. The molecule has 90 valence electrons. The van der Waals surface area contributed by atoms with E-state index in [9.17, 15) is 5.11 Å². The molecular weight excluding hydrogens is 188 g/mol. The van der Waals surface area contributed by atoms with Gasteiger partial charge in [-0.25, -0.2) is 0 Å². The van der Waals surface area contributed by atoms with Gasteiger partial charge in [-0.15, -0.1) is 0 Å². The highest BCUT2D eigenvalue weighted by atomic mass is 16.3. The first-order valence-corrected chi connectivity index (χ1v) is 6.04. The average Bonchev–Trinajstić information content (AvgIpc) is 2.10. The molecule has 0 aromatic heterocycles. The molecule has 1 N–H and O–H groups in total. The number of likely N-dealkylation sites (N-methyl/N-ethyl adjacent to an activating group) is 2. The van der Waals surface area contributed by atoms with Crippen LogP contribution >= 0.6 is 0 Å². The van der Waals surface area contributed by atoms with Crippen molar-refractivity contribution in [3.63, 3.8) is 0 Å². The average molecular weight is 214 g/mol. The van der Waals surface area contributed by atoms with Crippen molar-refractivity contribution in [3.8, 4) is 0 Å². The smallest absolute Gasteiger partial charge is 0.0664 e. The SMILES string of the molecule is CCC(O)CN(C)CC1(N(C)C)CCC1. The Hall–Kier alpha value is -0.120. The maximum absolute atomic E-state index is 9.60. The van der Waals surface area contributed by atoms with Crippen LogP contribution in [0.15, 0.2) is 0 Å². The molecule has 1 aliphatic carbocycles. The molecule has 0 radical (unpaired) electrons. The molecule has 1 rings (SSSR count). The van der Waals surface area contributed by atoms with Crippen molar-refractivity contribution in [2.45, 2.75) is 44.2 Å². The van der Waals surface area contributed by atoms with Crippen molar-refractivity contribution in [2.24, 2.45) is 0 Å². The Balaban J connectivity index is 2.38. The molecule has 0 spiro atoms. The second-order valence-electron chi connectivity index (χ2n) is 5.23. The molecule has 0 aromatic rings. The first-order valence-electron chi connectivity index (χ1n) is 6.04. The van der Waals surface area contributed by atoms with Gasteiger partial charge in [0.1, 0.15) is 0 Å². The van der Waals surface area contributed by atoms with Crippen molar-refractivity contribution < 1.29 is 5.11 Å². The lowest BCUT2D eigenvalue weighted by Gasteiger charge is -2.49. The summed E-state index contributed by atoms with van der Waals surface area (Å²) in [6.45, 7) is 3.91. The quantitative estimate of drug-likeness (QED) is 0.719. The van der Waals surface area contributed by atoms with Gasteiger partial charge in [0, 0.05) is 18.6 Å². The highest BCUT2D eigenvalue weighted by molar-refractivity contribution is 4.97. The number of rotatable bonds is 6. The van der Waals surface area contributed by atoms with E-state index in [1.807, 2.05) is 6.92 Å². The number of nitrogens with zero attached hydrogens (tertiary/aromatic N) is 2. The minimum atomic E-state index is -0.172. The van der Waals surface area contributed by atoms with Crippen LogP contribution in [0.3, 0.4) is 0 Å². The highest BCUT2D eigenvalue weighted by Crippen LogP contribution is 2.36. The summed E-state index contributed by atoms with van der Waals surface area (Å²) in [7, 11) is 6.45. The van der Waals surface area contributed by atoms with Gasteiger partial charge < -0.3 is 14.9 Å². The maximum atomic E-state index is 9.60. The molecule has 1 fully saturated rings. The number of hydrogen-bond donors (Lipinski definition) is 1. The zero-order chi connectivity index (χ0) is 11.5. The topological polar surface area (TPSA) is 26.7 Å². The third-order valence-electron chi connectivity index (χ3n) is 3.79. The molecule has 1 atom stereocenters. The monoisotopic (exact) mass is 214 g/mol. The normalized spacial score (nSPS) is 21.8. The van der Waals surface area contributed by atoms with Gasteiger partial charge in [0.15, 0.2) is 0 Å². The van der Waals surface area contributed by atoms with Gasteiger partial charge >= 0.3 is 0 Å². The van der Waals surface area contributed by atoms with Crippen molar-refractivity contribution in [1.82, 2.24) is 9.80 Å². The Labute approximate surface area is 94.1 Å². The van der Waals surface area contributed by atoms with Gasteiger partial charge in [-0.1, -0.05) is 6.92 Å². The minimum Gasteiger partial charge on any atom is -0.392 e. The van der Waals surface area contributed by atoms with E-state index in [0.717, 1.165) is 19.5 Å². The third kappa shape index (κ3) is 3.16. The first kappa shape index (κ1) is 12.9. The van der Waals surface area contributed by atoms with Gasteiger partial charge in [-0.3, -0.25) is 0 Å². The summed E-state index contributed by atoms with van der Waals surface area (Å²) in [5.74, 6) is 0. The zero-order valence-corrected chi connectivity index (χ0v) is 10.7. The van der Waals surface area contributed by atoms with Crippen molar-refractivity contribution >= 4 is 0 Å². The predicted octanol–water partition coefficient (Wildman–Crippen LogP) is 1.17. The molecule has 0 saturated heterocycles. The minimum absolute atomic E-state index is 0.172. The van der Waals surface area contributed by atoms with Crippen LogP contribution in [0.5, 0.6) is 0 Å². The lowest BCUT2D eigenvalue weighted by atomic mass is 9.75. The van der Waals surface area contributed by atoms with Gasteiger partial charge in [0.2, 0.25) is 0 Å². The third-order valence-corrected chi connectivity index (χ3v) is 3.79. The molecule has 0 amide bonds. The lowest BCUT2D eigenvalue weighted by Crippen LogP contribution is -2.57. The Bertz CT molecular complexity index is 190. The van der Waals surface area contributed by atoms with Crippen molar-refractivity contribution in [2.75, 3.05) is 34.2 Å². The molecule has 0 aromatic carbocycles. The van der Waals surface area contributed by atoms with Crippen LogP contribution in [-0.4, -0.2) is 60.8 Å². The summed E-state index contributed by atoms with van der Waals surface area (Å²) in [6.07, 6.45) is 4.62. The van der Waals surface area contributed by atoms with Crippen LogP contribution in [0.1, 0.15) is 32.6 Å². The summed E-state index contributed by atoms with van der Waals surface area (Å²) >= 11 is 0. The van der Waals surface area contributed by atoms with Crippen LogP contribution in [-0.2, 0) is 0 Å². The van der Waals surface area contributed by atoms with E-state index in [1.54, 1.807) is 0 Å². The summed E-state index contributed by atoms with van der Waals surface area (Å²) in [5.41, 5.74) is 0.377. The highest BCUT2D eigenvalue weighted by Gasteiger charge is 2.39. The van der Waals surface area contributed by atoms with Crippen molar-refractivity contribution in [1.29, 1.82) is 0 Å². The number of hydrogen-bond acceptors (Lipinski definition) is 3. The number of aliphatic hydroxyl groups excluding tert-OH is 1. The zero-order valence-electron chi connectivity index (χ0n) is 10.7. The van der Waals surface area contributed by atoms with Crippen LogP contribution in [0.25, 0.3) is 0 Å². The molecular formula is C12H26N2O. The Morgan fingerprint density at radius 1 is 1.27 bits per heavy atom. The van der Waals surface area contributed by atoms with E-state index in [0.29, 0.717) is 5.54 Å². The van der Waals surface area contributed by atoms with E-state index >= 15 is 0 Å². The molecule has 15 heavy (non-hydrogen) atoms. The lowest BCUT2D eigenvalue weighted by molar-refractivity contribution is 0.0145. The van der Waals surface area contributed by atoms with Gasteiger partial charge in [-0.2, -0.15) is 0 Å². The molecule has 0 heterocycles. The first-order chi connectivity index (χ1) is 7.00. The van der Waals surface area contributed by atoms with Gasteiger partial charge in [-0.05, 0) is 46.8 Å². The van der Waals surface area contributed by atoms with E-state index < -0.39 is 0 Å². The Morgan fingerprint density at radius 3 is 2.20 bits per heavy atom. The molecule has 0 aliphatic heterocycles. The standard InChI is InChI=1S/C12H26N2O/c1-5-11(15)9-14(4)10-12(13(2)3)7-6-8-12/h11,15H,5-10H2,1-4H3. The summed E-state index contributed by atoms with van der Waals surface area (Å²) in [4.78, 5) is 4.62. The molecule has 1 aliphatic rings. The van der Waals surface area contributed by atoms with Crippen molar-refractivity contribution in [3.05, 3.63) is 0 Å². The van der Waals surface area contributed by atoms with Crippen LogP contribution in [0.2, 0.25) is 0 Å². The Morgan fingerprint density at radius 2 is 1.87 bits per heavy atom. The second kappa shape index (κ2) is 5.28. The summed E-state index contributed by atoms with van der Waals surface area (Å²) < 4.78 is 0. The van der Waals surface area contributed by atoms with E-state index in [-0.39, 0.29) is 6.10 Å². The fraction of sp³-hybridized carbons (Fsp3) is 1.00. The molecule has 3 heteroatoms. The molecule has 0 bridgehead atoms. The van der Waals surface area contributed by atoms with E-state index in [2.05, 4.69) is 30.9 Å². The maximum Gasteiger partial charge on any atom is 0.0664 e. The van der Waals surface area contributed by atoms with Crippen LogP contribution in [0.4, 0.5) is 0 Å². The summed E-state index contributed by atoms with van der Waals surface area (Å²) in [6, 6.07) is 0. The van der Waals surface area contributed by atoms with Gasteiger partial charge in [0.05, 0.1) is 6.10 Å². The van der Waals surface area contributed by atoms with E-state index in [1.165, 1.54) is 19.3 Å². The van der Waals surface area contributed by atoms with Gasteiger partial charge in [0.25, 0.3) is 0 Å².